The van der Waals surface area contributed by atoms with Gasteiger partial charge in [-0.15, -0.1) is 11.3 Å². The van der Waals surface area contributed by atoms with Gasteiger partial charge in [0.1, 0.15) is 0 Å². The molecular weight excluding hydrogens is 380 g/mol. The molecule has 1 aliphatic heterocycles. The first-order chi connectivity index (χ1) is 13.5. The number of carbonyl (C=O) groups excluding carboxylic acids is 2. The van der Waals surface area contributed by atoms with E-state index in [1.807, 2.05) is 36.6 Å². The van der Waals surface area contributed by atoms with Gasteiger partial charge in [-0.05, 0) is 36.1 Å². The van der Waals surface area contributed by atoms with Crippen LogP contribution in [0.15, 0.2) is 29.6 Å². The van der Waals surface area contributed by atoms with Gasteiger partial charge in [-0.1, -0.05) is 6.07 Å². The Morgan fingerprint density at radius 1 is 1.04 bits per heavy atom. The maximum Gasteiger partial charge on any atom is 0.264 e. The SMILES string of the molecule is COc1cc(C)cc(OC)c1OCC(=O)N1CCN(C(=O)c2cccs2)CC1. The number of nitrogens with zero attached hydrogens (tertiary/aromatic N) is 2. The van der Waals surface area contributed by atoms with Crippen molar-refractivity contribution < 1.29 is 23.8 Å². The van der Waals surface area contributed by atoms with Crippen molar-refractivity contribution in [3.05, 3.63) is 40.1 Å². The fraction of sp³-hybridized carbons (Fsp3) is 0.400. The van der Waals surface area contributed by atoms with E-state index in [2.05, 4.69) is 0 Å². The van der Waals surface area contributed by atoms with Gasteiger partial charge >= 0.3 is 0 Å². The maximum atomic E-state index is 12.6. The molecule has 1 aromatic heterocycles. The number of ether oxygens (including phenoxy) is 3. The predicted octanol–water partition coefficient (Wildman–Crippen LogP) is 2.44. The van der Waals surface area contributed by atoms with Gasteiger partial charge in [0.25, 0.3) is 11.8 Å². The number of hydrogen-bond acceptors (Lipinski definition) is 6. The highest BCUT2D eigenvalue weighted by atomic mass is 32.1. The number of aryl methyl sites for hydroxylation is 1. The van der Waals surface area contributed by atoms with Crippen LogP contribution in [0.3, 0.4) is 0 Å². The Labute approximate surface area is 168 Å². The van der Waals surface area contributed by atoms with Gasteiger partial charge in [0.05, 0.1) is 19.1 Å². The van der Waals surface area contributed by atoms with Crippen LogP contribution in [0.4, 0.5) is 0 Å². The van der Waals surface area contributed by atoms with Crippen LogP contribution < -0.4 is 14.2 Å². The summed E-state index contributed by atoms with van der Waals surface area (Å²) in [6.45, 7) is 3.81. The van der Waals surface area contributed by atoms with Crippen LogP contribution in [0, 0.1) is 6.92 Å². The lowest BCUT2D eigenvalue weighted by Gasteiger charge is -2.34. The molecule has 1 fully saturated rings. The Kier molecular flexibility index (Phi) is 6.41. The number of amides is 2. The third-order valence-corrected chi connectivity index (χ3v) is 5.45. The topological polar surface area (TPSA) is 68.3 Å². The molecule has 0 saturated carbocycles. The lowest BCUT2D eigenvalue weighted by Crippen LogP contribution is -2.51. The maximum absolute atomic E-state index is 12.6. The van der Waals surface area contributed by atoms with Crippen LogP contribution in [0.25, 0.3) is 0 Å². The number of thiophene rings is 1. The largest absolute Gasteiger partial charge is 0.493 e. The van der Waals surface area contributed by atoms with Crippen molar-refractivity contribution in [3.63, 3.8) is 0 Å². The second-order valence-corrected chi connectivity index (χ2v) is 7.39. The van der Waals surface area contributed by atoms with Crippen molar-refractivity contribution in [2.75, 3.05) is 47.0 Å². The molecule has 0 spiro atoms. The van der Waals surface area contributed by atoms with Crippen LogP contribution in [0.2, 0.25) is 0 Å². The molecule has 7 nitrogen and oxygen atoms in total. The lowest BCUT2D eigenvalue weighted by molar-refractivity contribution is -0.134. The van der Waals surface area contributed by atoms with Crippen LogP contribution in [0.5, 0.6) is 17.2 Å². The second-order valence-electron chi connectivity index (χ2n) is 6.44. The van der Waals surface area contributed by atoms with Gasteiger partial charge in [-0.25, -0.2) is 0 Å². The van der Waals surface area contributed by atoms with Gasteiger partial charge in [0, 0.05) is 26.2 Å². The zero-order chi connectivity index (χ0) is 20.1. The van der Waals surface area contributed by atoms with E-state index >= 15 is 0 Å². The van der Waals surface area contributed by atoms with Crippen molar-refractivity contribution in [3.8, 4) is 17.2 Å². The standard InChI is InChI=1S/C20H24N2O5S/c1-14-11-15(25-2)19(16(12-14)26-3)27-13-18(23)21-6-8-22(9-7-21)20(24)17-5-4-10-28-17/h4-5,10-12H,6-9,13H2,1-3H3. The molecule has 1 saturated heterocycles. The molecule has 8 heteroatoms. The Morgan fingerprint density at radius 2 is 1.64 bits per heavy atom. The van der Waals surface area contributed by atoms with Crippen molar-refractivity contribution >= 4 is 23.2 Å². The zero-order valence-electron chi connectivity index (χ0n) is 16.3. The Balaban J connectivity index is 1.56. The highest BCUT2D eigenvalue weighted by Gasteiger charge is 2.26. The van der Waals surface area contributed by atoms with E-state index in [1.54, 1.807) is 24.0 Å². The Hall–Kier alpha value is -2.74. The fourth-order valence-corrected chi connectivity index (χ4v) is 3.78. The van der Waals surface area contributed by atoms with Crippen molar-refractivity contribution in [1.82, 2.24) is 9.80 Å². The summed E-state index contributed by atoms with van der Waals surface area (Å²) < 4.78 is 16.4. The summed E-state index contributed by atoms with van der Waals surface area (Å²) in [5.74, 6) is 1.35. The van der Waals surface area contributed by atoms with Gasteiger partial charge in [-0.2, -0.15) is 0 Å². The van der Waals surface area contributed by atoms with Crippen LogP contribution >= 0.6 is 11.3 Å². The van der Waals surface area contributed by atoms with Gasteiger partial charge in [0.2, 0.25) is 5.75 Å². The average Bonchev–Trinajstić information content (AvgIpc) is 3.26. The third kappa shape index (κ3) is 4.39. The molecule has 2 heterocycles. The number of carbonyl (C=O) groups is 2. The first-order valence-corrected chi connectivity index (χ1v) is 9.87. The van der Waals surface area contributed by atoms with E-state index in [1.165, 1.54) is 11.3 Å². The number of piperazine rings is 1. The summed E-state index contributed by atoms with van der Waals surface area (Å²) in [6, 6.07) is 7.35. The summed E-state index contributed by atoms with van der Waals surface area (Å²) in [4.78, 5) is 29.2. The van der Waals surface area contributed by atoms with Crippen molar-refractivity contribution in [2.45, 2.75) is 6.92 Å². The molecular formula is C20H24N2O5S. The highest BCUT2D eigenvalue weighted by Crippen LogP contribution is 2.38. The second kappa shape index (κ2) is 8.97. The fourth-order valence-electron chi connectivity index (χ4n) is 3.09. The van der Waals surface area contributed by atoms with Gasteiger partial charge in [0.15, 0.2) is 18.1 Å². The molecule has 0 aliphatic carbocycles. The summed E-state index contributed by atoms with van der Waals surface area (Å²) in [7, 11) is 3.10. The summed E-state index contributed by atoms with van der Waals surface area (Å²) in [5, 5.41) is 1.89. The van der Waals surface area contributed by atoms with E-state index in [0.717, 1.165) is 10.4 Å². The first kappa shape index (κ1) is 20.0. The zero-order valence-corrected chi connectivity index (χ0v) is 17.1. The molecule has 2 amide bonds. The minimum Gasteiger partial charge on any atom is -0.493 e. The number of hydrogen-bond donors (Lipinski definition) is 0. The normalized spacial score (nSPS) is 14.0. The predicted molar refractivity (Wildman–Crippen MR) is 107 cm³/mol. The molecule has 0 bridgehead atoms. The quantitative estimate of drug-likeness (QED) is 0.740. The molecule has 3 rings (SSSR count). The summed E-state index contributed by atoms with van der Waals surface area (Å²) >= 11 is 1.43. The molecule has 0 radical (unpaired) electrons. The van der Waals surface area contributed by atoms with Crippen molar-refractivity contribution in [2.24, 2.45) is 0 Å². The average molecular weight is 404 g/mol. The van der Waals surface area contributed by atoms with E-state index in [4.69, 9.17) is 14.2 Å². The molecule has 28 heavy (non-hydrogen) atoms. The molecule has 1 aromatic carbocycles. The van der Waals surface area contributed by atoms with Crippen LogP contribution in [-0.2, 0) is 4.79 Å². The van der Waals surface area contributed by atoms with Crippen molar-refractivity contribution in [1.29, 1.82) is 0 Å². The Bertz CT molecular complexity index is 804. The minimum atomic E-state index is -0.132. The number of methoxy groups -OCH3 is 2. The summed E-state index contributed by atoms with van der Waals surface area (Å²) in [6.07, 6.45) is 0. The van der Waals surface area contributed by atoms with E-state index in [9.17, 15) is 9.59 Å². The van der Waals surface area contributed by atoms with E-state index in [-0.39, 0.29) is 18.4 Å². The molecule has 150 valence electrons. The lowest BCUT2D eigenvalue weighted by atomic mass is 10.2. The smallest absolute Gasteiger partial charge is 0.264 e. The van der Waals surface area contributed by atoms with Crippen LogP contribution in [-0.4, -0.2) is 68.6 Å². The monoisotopic (exact) mass is 404 g/mol. The minimum absolute atomic E-state index is 0.0208. The molecule has 0 N–H and O–H groups in total. The summed E-state index contributed by atoms with van der Waals surface area (Å²) in [5.41, 5.74) is 0.971. The van der Waals surface area contributed by atoms with Gasteiger partial charge < -0.3 is 24.0 Å². The molecule has 1 aliphatic rings. The Morgan fingerprint density at radius 3 is 2.18 bits per heavy atom. The number of rotatable bonds is 6. The first-order valence-electron chi connectivity index (χ1n) is 8.99. The molecule has 0 atom stereocenters. The van der Waals surface area contributed by atoms with E-state index < -0.39 is 0 Å². The van der Waals surface area contributed by atoms with Crippen LogP contribution in [0.1, 0.15) is 15.2 Å². The van der Waals surface area contributed by atoms with E-state index in [0.29, 0.717) is 43.4 Å². The highest BCUT2D eigenvalue weighted by molar-refractivity contribution is 7.12. The molecule has 2 aromatic rings. The third-order valence-electron chi connectivity index (χ3n) is 4.60. The van der Waals surface area contributed by atoms with Gasteiger partial charge in [-0.3, -0.25) is 9.59 Å². The number of benzene rings is 1. The molecule has 0 unspecified atom stereocenters.